The van der Waals surface area contributed by atoms with Crippen molar-refractivity contribution < 1.29 is 9.59 Å². The van der Waals surface area contributed by atoms with Crippen molar-refractivity contribution in [1.82, 2.24) is 4.90 Å². The highest BCUT2D eigenvalue weighted by Gasteiger charge is 2.20. The Morgan fingerprint density at radius 3 is 2.06 bits per heavy atom. The minimum absolute atomic E-state index is 0.0328. The van der Waals surface area contributed by atoms with E-state index >= 15 is 0 Å². The standard InChI is InChI=1S/C26H29N3O2/c1-18-15-19(2)25(20(3)16-18)27-24(30)17-28(4)26(31)22-13-9-10-14-23(22)29(5)21-11-7-6-8-12-21/h6-16H,17H2,1-5H3,(H,27,30). The molecule has 5 nitrogen and oxygen atoms in total. The van der Waals surface area contributed by atoms with E-state index in [-0.39, 0.29) is 18.4 Å². The number of anilines is 3. The summed E-state index contributed by atoms with van der Waals surface area (Å²) in [6, 6.07) is 21.4. The van der Waals surface area contributed by atoms with Gasteiger partial charge in [0.2, 0.25) is 5.91 Å². The Labute approximate surface area is 184 Å². The van der Waals surface area contributed by atoms with Gasteiger partial charge in [-0.3, -0.25) is 9.59 Å². The Hall–Kier alpha value is -3.60. The van der Waals surface area contributed by atoms with Gasteiger partial charge in [-0.2, -0.15) is 0 Å². The smallest absolute Gasteiger partial charge is 0.256 e. The molecule has 160 valence electrons. The number of carbonyl (C=O) groups is 2. The molecule has 0 saturated carbocycles. The second-order valence-electron chi connectivity index (χ2n) is 7.89. The van der Waals surface area contributed by atoms with Crippen molar-refractivity contribution in [3.8, 4) is 0 Å². The average molecular weight is 416 g/mol. The second-order valence-corrected chi connectivity index (χ2v) is 7.89. The fraction of sp³-hybridized carbons (Fsp3) is 0.231. The van der Waals surface area contributed by atoms with E-state index in [0.717, 1.165) is 33.8 Å². The molecular formula is C26H29N3O2. The van der Waals surface area contributed by atoms with E-state index in [4.69, 9.17) is 0 Å². The average Bonchev–Trinajstić information content (AvgIpc) is 2.75. The summed E-state index contributed by atoms with van der Waals surface area (Å²) in [5, 5.41) is 2.96. The maximum atomic E-state index is 13.2. The molecular weight excluding hydrogens is 386 g/mol. The SMILES string of the molecule is Cc1cc(C)c(NC(=O)CN(C)C(=O)c2ccccc2N(C)c2ccccc2)c(C)c1. The van der Waals surface area contributed by atoms with Crippen molar-refractivity contribution in [3.63, 3.8) is 0 Å². The van der Waals surface area contributed by atoms with Crippen LogP contribution in [0.2, 0.25) is 0 Å². The van der Waals surface area contributed by atoms with E-state index in [1.54, 1.807) is 13.1 Å². The number of para-hydroxylation sites is 2. The number of amides is 2. The zero-order valence-electron chi connectivity index (χ0n) is 18.8. The molecule has 0 aliphatic carbocycles. The molecule has 0 fully saturated rings. The van der Waals surface area contributed by atoms with Crippen LogP contribution in [-0.2, 0) is 4.79 Å². The van der Waals surface area contributed by atoms with Gasteiger partial charge in [0.15, 0.2) is 0 Å². The maximum Gasteiger partial charge on any atom is 0.256 e. The quantitative estimate of drug-likeness (QED) is 0.610. The number of hydrogen-bond donors (Lipinski definition) is 1. The van der Waals surface area contributed by atoms with Gasteiger partial charge in [-0.1, -0.05) is 48.0 Å². The van der Waals surface area contributed by atoms with Crippen LogP contribution in [0, 0.1) is 20.8 Å². The molecule has 2 amide bonds. The monoisotopic (exact) mass is 415 g/mol. The van der Waals surface area contributed by atoms with Gasteiger partial charge in [-0.25, -0.2) is 0 Å². The van der Waals surface area contributed by atoms with Crippen molar-refractivity contribution in [3.05, 3.63) is 89.0 Å². The van der Waals surface area contributed by atoms with Crippen LogP contribution in [0.3, 0.4) is 0 Å². The first-order chi connectivity index (χ1) is 14.8. The zero-order chi connectivity index (χ0) is 22.5. The van der Waals surface area contributed by atoms with Crippen LogP contribution < -0.4 is 10.2 Å². The number of likely N-dealkylation sites (N-methyl/N-ethyl adjacent to an activating group) is 1. The number of nitrogens with one attached hydrogen (secondary N) is 1. The third kappa shape index (κ3) is 5.12. The van der Waals surface area contributed by atoms with E-state index in [0.29, 0.717) is 5.56 Å². The number of rotatable bonds is 6. The topological polar surface area (TPSA) is 52.7 Å². The fourth-order valence-electron chi connectivity index (χ4n) is 3.79. The van der Waals surface area contributed by atoms with Gasteiger partial charge in [-0.05, 0) is 56.2 Å². The Morgan fingerprint density at radius 2 is 1.42 bits per heavy atom. The number of hydrogen-bond acceptors (Lipinski definition) is 3. The molecule has 3 aromatic carbocycles. The Morgan fingerprint density at radius 1 is 0.839 bits per heavy atom. The highest BCUT2D eigenvalue weighted by molar-refractivity contribution is 6.03. The van der Waals surface area contributed by atoms with Gasteiger partial charge in [0.1, 0.15) is 0 Å². The van der Waals surface area contributed by atoms with Crippen molar-refractivity contribution in [2.24, 2.45) is 0 Å². The van der Waals surface area contributed by atoms with E-state index in [9.17, 15) is 9.59 Å². The van der Waals surface area contributed by atoms with Crippen LogP contribution in [-0.4, -0.2) is 37.4 Å². The number of benzene rings is 3. The molecule has 0 saturated heterocycles. The lowest BCUT2D eigenvalue weighted by atomic mass is 10.1. The molecule has 3 rings (SSSR count). The summed E-state index contributed by atoms with van der Waals surface area (Å²) in [6.45, 7) is 5.94. The molecule has 0 radical (unpaired) electrons. The normalized spacial score (nSPS) is 10.5. The maximum absolute atomic E-state index is 13.2. The lowest BCUT2D eigenvalue weighted by Crippen LogP contribution is -2.35. The third-order valence-electron chi connectivity index (χ3n) is 5.31. The van der Waals surface area contributed by atoms with Crippen LogP contribution in [0.5, 0.6) is 0 Å². The van der Waals surface area contributed by atoms with E-state index < -0.39 is 0 Å². The third-order valence-corrected chi connectivity index (χ3v) is 5.31. The number of aryl methyl sites for hydroxylation is 3. The zero-order valence-corrected chi connectivity index (χ0v) is 18.8. The Bertz CT molecular complexity index is 1070. The summed E-state index contributed by atoms with van der Waals surface area (Å²) in [7, 11) is 3.58. The molecule has 0 unspecified atom stereocenters. The lowest BCUT2D eigenvalue weighted by Gasteiger charge is -2.24. The Kier molecular flexibility index (Phi) is 6.75. The highest BCUT2D eigenvalue weighted by atomic mass is 16.2. The van der Waals surface area contributed by atoms with Crippen molar-refractivity contribution in [1.29, 1.82) is 0 Å². The predicted molar refractivity (Wildman–Crippen MR) is 127 cm³/mol. The van der Waals surface area contributed by atoms with Crippen molar-refractivity contribution in [2.45, 2.75) is 20.8 Å². The minimum atomic E-state index is -0.222. The molecule has 0 spiro atoms. The van der Waals surface area contributed by atoms with E-state index in [2.05, 4.69) is 5.32 Å². The van der Waals surface area contributed by atoms with Crippen molar-refractivity contribution in [2.75, 3.05) is 30.9 Å². The fourth-order valence-corrected chi connectivity index (χ4v) is 3.79. The van der Waals surface area contributed by atoms with Gasteiger partial charge in [-0.15, -0.1) is 0 Å². The summed E-state index contributed by atoms with van der Waals surface area (Å²) < 4.78 is 0. The lowest BCUT2D eigenvalue weighted by molar-refractivity contribution is -0.116. The largest absolute Gasteiger partial charge is 0.344 e. The second kappa shape index (κ2) is 9.47. The van der Waals surface area contributed by atoms with Crippen LogP contribution in [0.1, 0.15) is 27.0 Å². The van der Waals surface area contributed by atoms with Crippen LogP contribution in [0.15, 0.2) is 66.7 Å². The van der Waals surface area contributed by atoms with Gasteiger partial charge >= 0.3 is 0 Å². The molecule has 0 aliphatic rings. The first-order valence-electron chi connectivity index (χ1n) is 10.3. The first kappa shape index (κ1) is 22.1. The molecule has 0 bridgehead atoms. The number of nitrogens with zero attached hydrogens (tertiary/aromatic N) is 2. The summed E-state index contributed by atoms with van der Waals surface area (Å²) in [5.41, 5.74) is 6.29. The number of carbonyl (C=O) groups excluding carboxylic acids is 2. The summed E-state index contributed by atoms with van der Waals surface area (Å²) in [6.07, 6.45) is 0. The minimum Gasteiger partial charge on any atom is -0.344 e. The van der Waals surface area contributed by atoms with E-state index in [1.807, 2.05) is 93.4 Å². The molecule has 0 aliphatic heterocycles. The van der Waals surface area contributed by atoms with E-state index in [1.165, 1.54) is 4.90 Å². The summed E-state index contributed by atoms with van der Waals surface area (Å²) >= 11 is 0. The molecule has 3 aromatic rings. The molecule has 31 heavy (non-hydrogen) atoms. The van der Waals surface area contributed by atoms with Gasteiger partial charge in [0.05, 0.1) is 17.8 Å². The Balaban J connectivity index is 1.76. The molecule has 5 heteroatoms. The predicted octanol–water partition coefficient (Wildman–Crippen LogP) is 5.09. The molecule has 0 heterocycles. The molecule has 0 aromatic heterocycles. The van der Waals surface area contributed by atoms with Crippen LogP contribution >= 0.6 is 0 Å². The highest BCUT2D eigenvalue weighted by Crippen LogP contribution is 2.27. The summed E-state index contributed by atoms with van der Waals surface area (Å²) in [5.74, 6) is -0.425. The molecule has 0 atom stereocenters. The summed E-state index contributed by atoms with van der Waals surface area (Å²) in [4.78, 5) is 29.3. The van der Waals surface area contributed by atoms with Crippen molar-refractivity contribution >= 4 is 28.9 Å². The first-order valence-corrected chi connectivity index (χ1v) is 10.3. The van der Waals surface area contributed by atoms with Crippen LogP contribution in [0.4, 0.5) is 17.1 Å². The van der Waals surface area contributed by atoms with Gasteiger partial charge < -0.3 is 15.1 Å². The van der Waals surface area contributed by atoms with Crippen LogP contribution in [0.25, 0.3) is 0 Å². The van der Waals surface area contributed by atoms with Gasteiger partial charge in [0, 0.05) is 25.5 Å². The van der Waals surface area contributed by atoms with Gasteiger partial charge in [0.25, 0.3) is 5.91 Å². The molecule has 1 N–H and O–H groups in total.